The van der Waals surface area contributed by atoms with Gasteiger partial charge in [-0.2, -0.15) is 0 Å². The fourth-order valence-electron chi connectivity index (χ4n) is 1.48. The zero-order chi connectivity index (χ0) is 14.2. The van der Waals surface area contributed by atoms with Gasteiger partial charge in [0.2, 0.25) is 0 Å². The first kappa shape index (κ1) is 17.4. The highest BCUT2D eigenvalue weighted by atomic mass is 16.7. The van der Waals surface area contributed by atoms with Gasteiger partial charge in [0, 0.05) is 25.7 Å². The average molecular weight is 261 g/mol. The van der Waals surface area contributed by atoms with Gasteiger partial charge in [0.25, 0.3) is 0 Å². The summed E-state index contributed by atoms with van der Waals surface area (Å²) in [7, 11) is 0. The standard InChI is InChI=1S/C13H27NO4/c1-6-16-12(17-7-2)9-10(14)8-11(15)18-13(3,4)5/h10,12H,6-9,14H2,1-5H3/t10-/m0/s1. The fraction of sp³-hybridized carbons (Fsp3) is 0.923. The molecule has 0 spiro atoms. The molecule has 0 saturated carbocycles. The van der Waals surface area contributed by atoms with Crippen molar-refractivity contribution < 1.29 is 19.0 Å². The summed E-state index contributed by atoms with van der Waals surface area (Å²) in [6, 6.07) is -0.317. The molecule has 0 aromatic carbocycles. The van der Waals surface area contributed by atoms with Gasteiger partial charge in [-0.3, -0.25) is 4.79 Å². The smallest absolute Gasteiger partial charge is 0.307 e. The number of carbonyl (C=O) groups is 1. The second kappa shape index (κ2) is 8.45. The molecule has 2 N–H and O–H groups in total. The molecule has 0 aromatic heterocycles. The lowest BCUT2D eigenvalue weighted by Crippen LogP contribution is -2.34. The van der Waals surface area contributed by atoms with Gasteiger partial charge in [0.05, 0.1) is 6.42 Å². The summed E-state index contributed by atoms with van der Waals surface area (Å²) in [4.78, 5) is 11.6. The highest BCUT2D eigenvalue weighted by Gasteiger charge is 2.21. The lowest BCUT2D eigenvalue weighted by Gasteiger charge is -2.23. The molecule has 0 fully saturated rings. The van der Waals surface area contributed by atoms with Gasteiger partial charge in [-0.25, -0.2) is 0 Å². The Labute approximate surface area is 110 Å². The lowest BCUT2D eigenvalue weighted by atomic mass is 10.1. The van der Waals surface area contributed by atoms with E-state index >= 15 is 0 Å². The van der Waals surface area contributed by atoms with E-state index < -0.39 is 5.60 Å². The van der Waals surface area contributed by atoms with E-state index in [0.29, 0.717) is 19.6 Å². The topological polar surface area (TPSA) is 70.8 Å². The van der Waals surface area contributed by atoms with Crippen LogP contribution in [0.4, 0.5) is 0 Å². The Hall–Kier alpha value is -0.650. The monoisotopic (exact) mass is 261 g/mol. The molecule has 5 heteroatoms. The molecule has 0 aliphatic carbocycles. The maximum atomic E-state index is 11.6. The quantitative estimate of drug-likeness (QED) is 0.533. The number of ether oxygens (including phenoxy) is 3. The van der Waals surface area contributed by atoms with Crippen LogP contribution in [0.15, 0.2) is 0 Å². The molecule has 0 saturated heterocycles. The number of rotatable bonds is 8. The van der Waals surface area contributed by atoms with E-state index in [-0.39, 0.29) is 24.7 Å². The van der Waals surface area contributed by atoms with E-state index in [4.69, 9.17) is 19.9 Å². The van der Waals surface area contributed by atoms with Gasteiger partial charge < -0.3 is 19.9 Å². The van der Waals surface area contributed by atoms with Crippen molar-refractivity contribution in [3.63, 3.8) is 0 Å². The minimum atomic E-state index is -0.476. The second-order valence-corrected chi connectivity index (χ2v) is 5.13. The van der Waals surface area contributed by atoms with Crippen LogP contribution >= 0.6 is 0 Å². The first-order valence-electron chi connectivity index (χ1n) is 6.49. The van der Waals surface area contributed by atoms with Crippen molar-refractivity contribution in [2.75, 3.05) is 13.2 Å². The van der Waals surface area contributed by atoms with Crippen molar-refractivity contribution >= 4 is 5.97 Å². The number of hydrogen-bond acceptors (Lipinski definition) is 5. The molecule has 0 aliphatic rings. The lowest BCUT2D eigenvalue weighted by molar-refractivity contribution is -0.158. The van der Waals surface area contributed by atoms with E-state index in [2.05, 4.69) is 0 Å². The third kappa shape index (κ3) is 9.39. The van der Waals surface area contributed by atoms with Crippen LogP contribution < -0.4 is 5.73 Å². The molecule has 0 rings (SSSR count). The maximum Gasteiger partial charge on any atom is 0.307 e. The Balaban J connectivity index is 4.06. The molecule has 0 radical (unpaired) electrons. The average Bonchev–Trinajstić information content (AvgIpc) is 2.14. The van der Waals surface area contributed by atoms with Gasteiger partial charge in [-0.1, -0.05) is 0 Å². The van der Waals surface area contributed by atoms with Crippen molar-refractivity contribution in [1.29, 1.82) is 0 Å². The molecule has 0 amide bonds. The zero-order valence-corrected chi connectivity index (χ0v) is 12.2. The van der Waals surface area contributed by atoms with Crippen LogP contribution in [0.2, 0.25) is 0 Å². The third-order valence-corrected chi connectivity index (χ3v) is 2.05. The second-order valence-electron chi connectivity index (χ2n) is 5.13. The van der Waals surface area contributed by atoms with Crippen molar-refractivity contribution in [2.24, 2.45) is 5.73 Å². The summed E-state index contributed by atoms with van der Waals surface area (Å²) in [6.45, 7) is 10.4. The van der Waals surface area contributed by atoms with Crippen LogP contribution in [-0.4, -0.2) is 37.1 Å². The van der Waals surface area contributed by atoms with E-state index in [1.165, 1.54) is 0 Å². The Morgan fingerprint density at radius 1 is 1.17 bits per heavy atom. The number of hydrogen-bond donors (Lipinski definition) is 1. The number of nitrogens with two attached hydrogens (primary N) is 1. The third-order valence-electron chi connectivity index (χ3n) is 2.05. The van der Waals surface area contributed by atoms with Gasteiger partial charge in [-0.15, -0.1) is 0 Å². The van der Waals surface area contributed by atoms with Gasteiger partial charge >= 0.3 is 5.97 Å². The zero-order valence-electron chi connectivity index (χ0n) is 12.2. The Morgan fingerprint density at radius 2 is 1.67 bits per heavy atom. The molecule has 0 bridgehead atoms. The fourth-order valence-corrected chi connectivity index (χ4v) is 1.48. The number of carbonyl (C=O) groups excluding carboxylic acids is 1. The highest BCUT2D eigenvalue weighted by Crippen LogP contribution is 2.11. The van der Waals surface area contributed by atoms with E-state index in [1.807, 2.05) is 34.6 Å². The highest BCUT2D eigenvalue weighted by molar-refractivity contribution is 5.70. The Kier molecular flexibility index (Phi) is 8.15. The number of esters is 1. The minimum absolute atomic E-state index is 0.175. The molecule has 5 nitrogen and oxygen atoms in total. The summed E-state index contributed by atoms with van der Waals surface area (Å²) in [5.41, 5.74) is 5.42. The Bertz CT molecular complexity index is 232. The van der Waals surface area contributed by atoms with E-state index in [1.54, 1.807) is 0 Å². The van der Waals surface area contributed by atoms with Crippen LogP contribution in [0.3, 0.4) is 0 Å². The predicted molar refractivity (Wildman–Crippen MR) is 70.1 cm³/mol. The summed E-state index contributed by atoms with van der Waals surface area (Å²) >= 11 is 0. The van der Waals surface area contributed by atoms with Gasteiger partial charge in [0.15, 0.2) is 6.29 Å². The molecule has 0 heterocycles. The van der Waals surface area contributed by atoms with Crippen molar-refractivity contribution in [2.45, 2.75) is 65.4 Å². The first-order chi connectivity index (χ1) is 8.28. The molecular formula is C13H27NO4. The molecule has 108 valence electrons. The van der Waals surface area contributed by atoms with Crippen molar-refractivity contribution in [3.05, 3.63) is 0 Å². The van der Waals surface area contributed by atoms with Crippen LogP contribution in [0.25, 0.3) is 0 Å². The molecule has 0 aromatic rings. The summed E-state index contributed by atoms with van der Waals surface area (Å²) in [6.07, 6.45) is 0.312. The maximum absolute atomic E-state index is 11.6. The first-order valence-corrected chi connectivity index (χ1v) is 6.49. The normalized spacial score (nSPS) is 13.7. The van der Waals surface area contributed by atoms with Crippen molar-refractivity contribution in [1.82, 2.24) is 0 Å². The molecule has 18 heavy (non-hydrogen) atoms. The summed E-state index contributed by atoms with van der Waals surface area (Å²) in [5.74, 6) is -0.290. The Morgan fingerprint density at radius 3 is 2.06 bits per heavy atom. The van der Waals surface area contributed by atoms with Crippen LogP contribution in [0, 0.1) is 0 Å². The SMILES string of the molecule is CCOC(C[C@@H](N)CC(=O)OC(C)(C)C)OCC. The van der Waals surface area contributed by atoms with Gasteiger partial charge in [-0.05, 0) is 34.6 Å². The minimum Gasteiger partial charge on any atom is -0.460 e. The van der Waals surface area contributed by atoms with Crippen LogP contribution in [0.1, 0.15) is 47.5 Å². The molecule has 1 atom stereocenters. The summed E-state index contributed by atoms with van der Waals surface area (Å²) < 4.78 is 16.0. The molecule has 0 aliphatic heterocycles. The van der Waals surface area contributed by atoms with E-state index in [9.17, 15) is 4.79 Å². The van der Waals surface area contributed by atoms with E-state index in [0.717, 1.165) is 0 Å². The van der Waals surface area contributed by atoms with Crippen LogP contribution in [-0.2, 0) is 19.0 Å². The predicted octanol–water partition coefficient (Wildman–Crippen LogP) is 1.83. The largest absolute Gasteiger partial charge is 0.460 e. The van der Waals surface area contributed by atoms with Crippen molar-refractivity contribution in [3.8, 4) is 0 Å². The summed E-state index contributed by atoms with van der Waals surface area (Å²) in [5, 5.41) is 0. The van der Waals surface area contributed by atoms with Gasteiger partial charge in [0.1, 0.15) is 5.60 Å². The molecule has 0 unspecified atom stereocenters. The van der Waals surface area contributed by atoms with Crippen LogP contribution in [0.5, 0.6) is 0 Å². The molecular weight excluding hydrogens is 234 g/mol.